The number of carbonyl (C=O) groups excluding carboxylic acids is 3. The molecule has 0 aliphatic carbocycles. The molecule has 2 aliphatic rings. The van der Waals surface area contributed by atoms with Gasteiger partial charge in [0.2, 0.25) is 0 Å². The molecule has 2 aliphatic heterocycles. The van der Waals surface area contributed by atoms with Gasteiger partial charge in [-0.15, -0.1) is 0 Å². The second-order valence-electron chi connectivity index (χ2n) is 18.4. The Balaban J connectivity index is 0.000000426. The van der Waals surface area contributed by atoms with Crippen molar-refractivity contribution in [3.8, 4) is 0 Å². The molecule has 4 rings (SSSR count). The second kappa shape index (κ2) is 25.8. The molecule has 2 aromatic rings. The Morgan fingerprint density at radius 3 is 1.25 bits per heavy atom. The quantitative estimate of drug-likeness (QED) is 0.110. The van der Waals surface area contributed by atoms with E-state index in [1.807, 2.05) is 6.92 Å². The van der Waals surface area contributed by atoms with Crippen molar-refractivity contribution in [3.05, 3.63) is 65.2 Å². The van der Waals surface area contributed by atoms with Gasteiger partial charge < -0.3 is 47.4 Å². The summed E-state index contributed by atoms with van der Waals surface area (Å²) in [6.07, 6.45) is -5.04. The second-order valence-corrected chi connectivity index (χ2v) is 25.4. The highest BCUT2D eigenvalue weighted by Gasteiger charge is 2.52. The van der Waals surface area contributed by atoms with Gasteiger partial charge in [-0.25, -0.2) is 9.59 Å². The average molecular weight is 993 g/mol. The monoisotopic (exact) mass is 992 g/mol. The van der Waals surface area contributed by atoms with Crippen LogP contribution in [0.4, 0.5) is 0 Å². The summed E-state index contributed by atoms with van der Waals surface area (Å²) in [5.41, 5.74) is -1.91. The summed E-state index contributed by atoms with van der Waals surface area (Å²) in [6.45, 7) is 19.7. The van der Waals surface area contributed by atoms with E-state index in [4.69, 9.17) is 33.5 Å². The van der Waals surface area contributed by atoms with Crippen LogP contribution < -0.4 is 22.5 Å². The van der Waals surface area contributed by atoms with Gasteiger partial charge in [-0.3, -0.25) is 47.9 Å². The summed E-state index contributed by atoms with van der Waals surface area (Å²) in [4.78, 5) is 99.6. The third kappa shape index (κ3) is 18.2. The van der Waals surface area contributed by atoms with Crippen LogP contribution in [0, 0.1) is 31.6 Å². The summed E-state index contributed by atoms with van der Waals surface area (Å²) in [6, 6.07) is 0. The Morgan fingerprint density at radius 2 is 0.955 bits per heavy atom. The van der Waals surface area contributed by atoms with Crippen LogP contribution in [0.3, 0.4) is 0 Å². The fraction of sp³-hybridized carbons (Fsp3) is 0.721. The number of hydrogen-bond donors (Lipinski definition) is 3. The average Bonchev–Trinajstić information content (AvgIpc) is 3.75. The Labute approximate surface area is 389 Å². The molecule has 2 fully saturated rings. The maximum absolute atomic E-state index is 12.5. The van der Waals surface area contributed by atoms with Crippen molar-refractivity contribution >= 4 is 38.2 Å². The normalized spacial score (nSPS) is 23.5. The number of aryl methyl sites for hydroxylation is 2. The molecule has 0 saturated carbocycles. The van der Waals surface area contributed by atoms with Crippen LogP contribution >= 0.6 is 14.3 Å². The highest BCUT2D eigenvalue weighted by molar-refractivity contribution is 7.62. The van der Waals surface area contributed by atoms with Crippen molar-refractivity contribution in [2.75, 3.05) is 60.3 Å². The minimum Gasteiger partial charge on any atom is -0.481 e. The number of aromatic nitrogens is 4. The maximum Gasteiger partial charge on any atom is 0.330 e. The van der Waals surface area contributed by atoms with Gasteiger partial charge in [0, 0.05) is 50.1 Å². The Kier molecular flexibility index (Phi) is 22.6. The lowest BCUT2D eigenvalue weighted by Gasteiger charge is -2.27. The van der Waals surface area contributed by atoms with Crippen LogP contribution in [0.5, 0.6) is 0 Å². The number of carboxylic acid groups (broad SMARTS) is 1. The van der Waals surface area contributed by atoms with Crippen LogP contribution in [0.1, 0.15) is 83.9 Å². The van der Waals surface area contributed by atoms with Crippen molar-refractivity contribution in [1.29, 1.82) is 0 Å². The maximum atomic E-state index is 12.5. The lowest BCUT2D eigenvalue weighted by atomic mass is 9.99. The SMILES string of the molecule is CC(C)C.COC(=O)CCC(=O)O[C@H]1[C@@H](OC)[C@H](n2cc(C)c(=O)[nH]c2=O)O[C@@H]1[C@@H](C)CP(C)(C)=O.CO[C@@H]1[C@H](OC(=O)CCC(=O)O)[C@@H]([C@@H](C)CP(C)(C)=O)O[C@H]1n1cc(C)c(=O)[nH]c1=O. The van der Waals surface area contributed by atoms with Crippen LogP contribution in [0.15, 0.2) is 31.6 Å². The zero-order valence-electron chi connectivity index (χ0n) is 40.9. The zero-order chi connectivity index (χ0) is 51.3. The lowest BCUT2D eigenvalue weighted by molar-refractivity contribution is -0.160. The number of esters is 3. The number of nitrogens with zero attached hydrogens (tertiary/aromatic N) is 2. The molecule has 0 aromatic carbocycles. The first-order valence-electron chi connectivity index (χ1n) is 21.7. The first kappa shape index (κ1) is 58.7. The van der Waals surface area contributed by atoms with Gasteiger partial charge in [0.05, 0.1) is 47.1 Å². The van der Waals surface area contributed by atoms with E-state index in [0.29, 0.717) is 12.3 Å². The van der Waals surface area contributed by atoms with Gasteiger partial charge in [0.1, 0.15) is 24.4 Å². The van der Waals surface area contributed by atoms with Gasteiger partial charge >= 0.3 is 35.3 Å². The summed E-state index contributed by atoms with van der Waals surface area (Å²) >= 11 is 0. The highest BCUT2D eigenvalue weighted by atomic mass is 31.2. The Bertz CT molecular complexity index is 2340. The number of nitrogens with one attached hydrogen (secondary N) is 2. The highest BCUT2D eigenvalue weighted by Crippen LogP contribution is 2.45. The van der Waals surface area contributed by atoms with E-state index in [0.717, 1.165) is 10.5 Å². The molecule has 380 valence electrons. The van der Waals surface area contributed by atoms with Crippen LogP contribution in [-0.2, 0) is 61.5 Å². The fourth-order valence-electron chi connectivity index (χ4n) is 7.54. The number of carboxylic acids is 1. The number of rotatable bonds is 18. The predicted octanol–water partition coefficient (Wildman–Crippen LogP) is 3.34. The predicted molar refractivity (Wildman–Crippen MR) is 247 cm³/mol. The van der Waals surface area contributed by atoms with E-state index in [1.54, 1.807) is 40.5 Å². The van der Waals surface area contributed by atoms with Crippen molar-refractivity contribution in [3.63, 3.8) is 0 Å². The molecule has 0 radical (unpaired) electrons. The molecule has 4 heterocycles. The third-order valence-corrected chi connectivity index (χ3v) is 13.2. The minimum atomic E-state index is -2.46. The first-order chi connectivity index (χ1) is 30.9. The number of ether oxygens (including phenoxy) is 7. The largest absolute Gasteiger partial charge is 0.481 e. The number of H-pyrrole nitrogens is 2. The van der Waals surface area contributed by atoms with E-state index >= 15 is 0 Å². The molecule has 10 atom stereocenters. The molecule has 67 heavy (non-hydrogen) atoms. The van der Waals surface area contributed by atoms with Gasteiger partial charge in [0.25, 0.3) is 11.1 Å². The topological polar surface area (TPSA) is 297 Å². The van der Waals surface area contributed by atoms with Crippen molar-refractivity contribution < 1.29 is 66.6 Å². The molecule has 3 N–H and O–H groups in total. The summed E-state index contributed by atoms with van der Waals surface area (Å²) in [7, 11) is -0.938. The fourth-order valence-corrected chi connectivity index (χ4v) is 10.7. The van der Waals surface area contributed by atoms with Crippen LogP contribution in [0.2, 0.25) is 0 Å². The summed E-state index contributed by atoms with van der Waals surface area (Å²) in [5, 5.41) is 8.80. The molecule has 24 heteroatoms. The van der Waals surface area contributed by atoms with Crippen LogP contribution in [0.25, 0.3) is 0 Å². The number of aromatic amines is 2. The summed E-state index contributed by atoms with van der Waals surface area (Å²) < 4.78 is 66.1. The minimum absolute atomic E-state index is 0.151. The zero-order valence-corrected chi connectivity index (χ0v) is 42.7. The molecular formula is C43H70N4O18P2. The van der Waals surface area contributed by atoms with Gasteiger partial charge in [-0.05, 0) is 58.3 Å². The van der Waals surface area contributed by atoms with E-state index in [9.17, 15) is 47.5 Å². The molecular weight excluding hydrogens is 922 g/mol. The smallest absolute Gasteiger partial charge is 0.330 e. The van der Waals surface area contributed by atoms with Crippen molar-refractivity contribution in [2.45, 2.75) is 123 Å². The third-order valence-electron chi connectivity index (χ3n) is 10.3. The number of carbonyl (C=O) groups is 4. The van der Waals surface area contributed by atoms with Crippen molar-refractivity contribution in [2.24, 2.45) is 17.8 Å². The molecule has 2 aromatic heterocycles. The number of aliphatic carboxylic acids is 1. The molecule has 0 unspecified atom stereocenters. The van der Waals surface area contributed by atoms with E-state index in [1.165, 1.54) is 45.2 Å². The first-order valence-corrected chi connectivity index (χ1v) is 27.3. The molecule has 22 nitrogen and oxygen atoms in total. The molecule has 2 saturated heterocycles. The number of methoxy groups -OCH3 is 3. The lowest BCUT2D eigenvalue weighted by Crippen LogP contribution is -2.42. The Hall–Kier alpha value is -4.46. The van der Waals surface area contributed by atoms with E-state index in [2.05, 4.69) is 35.5 Å². The molecule has 0 bridgehead atoms. The molecule has 0 amide bonds. The van der Waals surface area contributed by atoms with Gasteiger partial charge in [0.15, 0.2) is 24.7 Å². The standard InChI is InChI=1S/C20H31N2O9P.C19H29N2O9P.C4H10/c1-11-9-22(20(26)21-18(11)25)19-17(29-4)16(30-14(24)8-7-13(23)28-3)15(31-19)12(2)10-32(5,6)27;1-10-8-21(19(26)20-17(10)25)18-16(28-3)15(29-13(24)7-6-12(22)23)14(30-18)11(2)9-31(4,5)27;1-4(2)3/h9,12,15-17,19H,7-8,10H2,1-6H3,(H,21,25,26);8,11,14-16,18H,6-7,9H2,1-5H3,(H,22,23)(H,20,25,26);4H,1-3H3/t12-,15+,16+,17+,19+;11-,14+,15+,16+,18+;/m00./s1. The van der Waals surface area contributed by atoms with Gasteiger partial charge in [-0.1, -0.05) is 34.6 Å². The van der Waals surface area contributed by atoms with Crippen LogP contribution in [-0.4, -0.2) is 145 Å². The Morgan fingerprint density at radius 1 is 0.627 bits per heavy atom. The molecule has 0 spiro atoms. The van der Waals surface area contributed by atoms with E-state index < -0.39 is 116 Å². The van der Waals surface area contributed by atoms with E-state index in [-0.39, 0.29) is 42.2 Å². The summed E-state index contributed by atoms with van der Waals surface area (Å²) in [5.74, 6) is -2.92. The van der Waals surface area contributed by atoms with Crippen molar-refractivity contribution in [1.82, 2.24) is 19.1 Å². The van der Waals surface area contributed by atoms with Gasteiger partial charge in [-0.2, -0.15) is 0 Å². The number of hydrogen-bond acceptors (Lipinski definition) is 17.